The number of carbonyl (C=O) groups excluding carboxylic acids is 1. The molecule has 1 heterocycles. The topological polar surface area (TPSA) is 45.2 Å². The Morgan fingerprint density at radius 3 is 2.70 bits per heavy atom. The van der Waals surface area contributed by atoms with E-state index in [4.69, 9.17) is 0 Å². The van der Waals surface area contributed by atoms with Gasteiger partial charge in [0.25, 0.3) is 0 Å². The Labute approximate surface area is 142 Å². The Morgan fingerprint density at radius 2 is 2.09 bits per heavy atom. The predicted octanol–water partition coefficient (Wildman–Crippen LogP) is 3.95. The molecule has 0 bridgehead atoms. The van der Waals surface area contributed by atoms with Crippen molar-refractivity contribution >= 4 is 22.9 Å². The summed E-state index contributed by atoms with van der Waals surface area (Å²) in [6, 6.07) is 6.04. The molecule has 0 fully saturated rings. The van der Waals surface area contributed by atoms with Gasteiger partial charge in [0, 0.05) is 23.5 Å². The Hall–Kier alpha value is -1.72. The fraction of sp³-hybridized carbons (Fsp3) is 0.444. The summed E-state index contributed by atoms with van der Waals surface area (Å²) in [5.74, 6) is 0.450. The quantitative estimate of drug-likeness (QED) is 0.871. The van der Waals surface area contributed by atoms with E-state index in [1.54, 1.807) is 11.3 Å². The number of anilines is 1. The lowest BCUT2D eigenvalue weighted by atomic mass is 10.1. The fourth-order valence-corrected chi connectivity index (χ4v) is 3.21. The molecule has 0 aliphatic carbocycles. The summed E-state index contributed by atoms with van der Waals surface area (Å²) in [5, 5.41) is 6.20. The monoisotopic (exact) mass is 331 g/mol. The zero-order valence-electron chi connectivity index (χ0n) is 14.5. The van der Waals surface area contributed by atoms with Crippen LogP contribution in [-0.2, 0) is 11.3 Å². The molecule has 1 aromatic heterocycles. The molecule has 0 aliphatic heterocycles. The summed E-state index contributed by atoms with van der Waals surface area (Å²) in [4.78, 5) is 18.8. The van der Waals surface area contributed by atoms with Gasteiger partial charge in [-0.25, -0.2) is 4.98 Å². The average molecular weight is 331 g/mol. The van der Waals surface area contributed by atoms with Gasteiger partial charge < -0.3 is 5.32 Å². The lowest BCUT2D eigenvalue weighted by Crippen LogP contribution is -2.30. The van der Waals surface area contributed by atoms with E-state index in [0.29, 0.717) is 19.0 Å². The molecule has 4 nitrogen and oxygen atoms in total. The van der Waals surface area contributed by atoms with Gasteiger partial charge in [-0.15, -0.1) is 11.3 Å². The lowest BCUT2D eigenvalue weighted by Gasteiger charge is -2.16. The molecule has 1 N–H and O–H groups in total. The second-order valence-corrected chi connectivity index (χ2v) is 7.26. The number of rotatable bonds is 6. The molecule has 0 saturated carbocycles. The maximum absolute atomic E-state index is 12.2. The molecule has 23 heavy (non-hydrogen) atoms. The van der Waals surface area contributed by atoms with Crippen molar-refractivity contribution < 1.29 is 4.79 Å². The number of amides is 1. The molecule has 0 aliphatic rings. The number of hydrogen-bond donors (Lipinski definition) is 1. The van der Waals surface area contributed by atoms with Gasteiger partial charge in [0.2, 0.25) is 5.91 Å². The van der Waals surface area contributed by atoms with Gasteiger partial charge >= 0.3 is 0 Å². The number of aromatic nitrogens is 1. The van der Waals surface area contributed by atoms with Crippen LogP contribution in [0.5, 0.6) is 0 Å². The molecule has 0 saturated heterocycles. The maximum atomic E-state index is 12.2. The van der Waals surface area contributed by atoms with Crippen molar-refractivity contribution in [1.82, 2.24) is 9.88 Å². The standard InChI is InChI=1S/C18H25N3OS/c1-12(2)18-19-15(11-23-18)9-21(5)10-17(22)20-16-7-6-13(3)8-14(16)4/h6-8,11-12H,9-10H2,1-5H3,(H,20,22). The molecule has 0 unspecified atom stereocenters. The highest BCUT2D eigenvalue weighted by molar-refractivity contribution is 7.09. The number of benzene rings is 1. The summed E-state index contributed by atoms with van der Waals surface area (Å²) in [5.41, 5.74) is 4.19. The number of likely N-dealkylation sites (N-methyl/N-ethyl adjacent to an activating group) is 1. The van der Waals surface area contributed by atoms with Crippen LogP contribution in [0.3, 0.4) is 0 Å². The van der Waals surface area contributed by atoms with E-state index in [2.05, 4.69) is 35.6 Å². The van der Waals surface area contributed by atoms with Crippen LogP contribution in [0, 0.1) is 13.8 Å². The van der Waals surface area contributed by atoms with E-state index in [-0.39, 0.29) is 5.91 Å². The smallest absolute Gasteiger partial charge is 0.238 e. The van der Waals surface area contributed by atoms with E-state index >= 15 is 0 Å². The number of thiazole rings is 1. The first-order chi connectivity index (χ1) is 10.8. The molecule has 124 valence electrons. The first kappa shape index (κ1) is 17.6. The number of nitrogens with one attached hydrogen (secondary N) is 1. The number of nitrogens with zero attached hydrogens (tertiary/aromatic N) is 2. The first-order valence-corrected chi connectivity index (χ1v) is 8.73. The van der Waals surface area contributed by atoms with E-state index in [9.17, 15) is 4.79 Å². The zero-order valence-corrected chi connectivity index (χ0v) is 15.3. The van der Waals surface area contributed by atoms with Crippen LogP contribution in [0.4, 0.5) is 5.69 Å². The van der Waals surface area contributed by atoms with Crippen LogP contribution in [0.25, 0.3) is 0 Å². The molecule has 0 spiro atoms. The van der Waals surface area contributed by atoms with E-state index < -0.39 is 0 Å². The number of carbonyl (C=O) groups is 1. The van der Waals surface area contributed by atoms with Crippen molar-refractivity contribution in [2.75, 3.05) is 18.9 Å². The third-order valence-electron chi connectivity index (χ3n) is 3.56. The third-order valence-corrected chi connectivity index (χ3v) is 4.76. The predicted molar refractivity (Wildman–Crippen MR) is 97.1 cm³/mol. The van der Waals surface area contributed by atoms with Crippen molar-refractivity contribution in [2.45, 2.75) is 40.2 Å². The summed E-state index contributed by atoms with van der Waals surface area (Å²) < 4.78 is 0. The zero-order chi connectivity index (χ0) is 17.0. The van der Waals surface area contributed by atoms with E-state index in [1.165, 1.54) is 5.56 Å². The van der Waals surface area contributed by atoms with Crippen LogP contribution < -0.4 is 5.32 Å². The Bertz CT molecular complexity index is 679. The third kappa shape index (κ3) is 5.15. The second kappa shape index (κ2) is 7.70. The minimum Gasteiger partial charge on any atom is -0.325 e. The van der Waals surface area contributed by atoms with Gasteiger partial charge in [-0.05, 0) is 32.5 Å². The fourth-order valence-electron chi connectivity index (χ4n) is 2.38. The minimum atomic E-state index is -0.00114. The van der Waals surface area contributed by atoms with Crippen molar-refractivity contribution in [3.63, 3.8) is 0 Å². The minimum absolute atomic E-state index is 0.00114. The summed E-state index contributed by atoms with van der Waals surface area (Å²) in [7, 11) is 1.94. The van der Waals surface area contributed by atoms with Gasteiger partial charge in [0.1, 0.15) is 0 Å². The van der Waals surface area contributed by atoms with Crippen LogP contribution in [-0.4, -0.2) is 29.4 Å². The molecule has 0 radical (unpaired) electrons. The lowest BCUT2D eigenvalue weighted by molar-refractivity contribution is -0.117. The Morgan fingerprint density at radius 1 is 1.35 bits per heavy atom. The SMILES string of the molecule is Cc1ccc(NC(=O)CN(C)Cc2csc(C(C)C)n2)c(C)c1. The first-order valence-electron chi connectivity index (χ1n) is 7.85. The van der Waals surface area contributed by atoms with Crippen molar-refractivity contribution in [2.24, 2.45) is 0 Å². The number of hydrogen-bond acceptors (Lipinski definition) is 4. The molecule has 0 atom stereocenters. The molecule has 5 heteroatoms. The normalized spacial score (nSPS) is 11.3. The van der Waals surface area contributed by atoms with Gasteiger partial charge in [-0.2, -0.15) is 0 Å². The van der Waals surface area contributed by atoms with Gasteiger partial charge in [0.15, 0.2) is 0 Å². The largest absolute Gasteiger partial charge is 0.325 e. The molecule has 2 rings (SSSR count). The van der Waals surface area contributed by atoms with Crippen molar-refractivity contribution in [3.05, 3.63) is 45.4 Å². The highest BCUT2D eigenvalue weighted by atomic mass is 32.1. The molecular formula is C18H25N3OS. The van der Waals surface area contributed by atoms with Gasteiger partial charge in [-0.3, -0.25) is 9.69 Å². The second-order valence-electron chi connectivity index (χ2n) is 6.37. The summed E-state index contributed by atoms with van der Waals surface area (Å²) in [6.45, 7) is 9.37. The van der Waals surface area contributed by atoms with E-state index in [0.717, 1.165) is 22.0 Å². The Balaban J connectivity index is 1.88. The summed E-state index contributed by atoms with van der Waals surface area (Å²) in [6.07, 6.45) is 0. The summed E-state index contributed by atoms with van der Waals surface area (Å²) >= 11 is 1.69. The van der Waals surface area contributed by atoms with Gasteiger partial charge in [0.05, 0.1) is 17.2 Å². The molecule has 1 amide bonds. The average Bonchev–Trinajstić information content (AvgIpc) is 2.90. The highest BCUT2D eigenvalue weighted by Gasteiger charge is 2.11. The molecule has 2 aromatic rings. The Kier molecular flexibility index (Phi) is 5.91. The van der Waals surface area contributed by atoms with Gasteiger partial charge in [-0.1, -0.05) is 31.5 Å². The van der Waals surface area contributed by atoms with Crippen LogP contribution in [0.15, 0.2) is 23.6 Å². The van der Waals surface area contributed by atoms with Crippen LogP contribution in [0.2, 0.25) is 0 Å². The number of aryl methyl sites for hydroxylation is 2. The van der Waals surface area contributed by atoms with Crippen molar-refractivity contribution in [3.8, 4) is 0 Å². The molecule has 1 aromatic carbocycles. The van der Waals surface area contributed by atoms with Crippen LogP contribution in [0.1, 0.15) is 41.6 Å². The van der Waals surface area contributed by atoms with Crippen LogP contribution >= 0.6 is 11.3 Å². The highest BCUT2D eigenvalue weighted by Crippen LogP contribution is 2.20. The molecular weight excluding hydrogens is 306 g/mol. The van der Waals surface area contributed by atoms with E-state index in [1.807, 2.05) is 37.9 Å². The maximum Gasteiger partial charge on any atom is 0.238 e. The van der Waals surface area contributed by atoms with Crippen molar-refractivity contribution in [1.29, 1.82) is 0 Å².